The molecule has 0 saturated carbocycles. The van der Waals surface area contributed by atoms with Gasteiger partial charge in [-0.25, -0.2) is 8.42 Å². The van der Waals surface area contributed by atoms with E-state index < -0.39 is 10.0 Å². The molecular weight excluding hydrogens is 410 g/mol. The first-order chi connectivity index (χ1) is 14.9. The number of aromatic nitrogens is 2. The SMILES string of the molecule is Cc1nc(Oc2ccccc2)nc(C)c1NS(=O)(=O)c1ccc(-c2ccccc2)cc1. The second-order valence-electron chi connectivity index (χ2n) is 6.96. The molecule has 31 heavy (non-hydrogen) atoms. The molecule has 0 aliphatic rings. The van der Waals surface area contributed by atoms with Crippen LogP contribution in [0.15, 0.2) is 89.8 Å². The summed E-state index contributed by atoms with van der Waals surface area (Å²) < 4.78 is 34.1. The highest BCUT2D eigenvalue weighted by Crippen LogP contribution is 2.26. The Labute approximate surface area is 181 Å². The van der Waals surface area contributed by atoms with Gasteiger partial charge in [0.05, 0.1) is 22.0 Å². The number of hydrogen-bond acceptors (Lipinski definition) is 5. The van der Waals surface area contributed by atoms with E-state index in [0.29, 0.717) is 22.8 Å². The van der Waals surface area contributed by atoms with Crippen LogP contribution >= 0.6 is 0 Å². The fraction of sp³-hybridized carbons (Fsp3) is 0.0833. The van der Waals surface area contributed by atoms with Crippen molar-refractivity contribution in [1.82, 2.24) is 9.97 Å². The van der Waals surface area contributed by atoms with E-state index in [1.54, 1.807) is 50.2 Å². The monoisotopic (exact) mass is 431 g/mol. The largest absolute Gasteiger partial charge is 0.424 e. The van der Waals surface area contributed by atoms with Crippen LogP contribution in [0.3, 0.4) is 0 Å². The van der Waals surface area contributed by atoms with Crippen molar-refractivity contribution in [3.05, 3.63) is 96.3 Å². The summed E-state index contributed by atoms with van der Waals surface area (Å²) in [5.74, 6) is 0.605. The first-order valence-corrected chi connectivity index (χ1v) is 11.2. The molecule has 0 unspecified atom stereocenters. The molecule has 3 aromatic carbocycles. The lowest BCUT2D eigenvalue weighted by Crippen LogP contribution is -2.16. The highest BCUT2D eigenvalue weighted by atomic mass is 32.2. The van der Waals surface area contributed by atoms with Crippen molar-refractivity contribution in [3.63, 3.8) is 0 Å². The maximum absolute atomic E-state index is 12.9. The topological polar surface area (TPSA) is 81.2 Å². The average Bonchev–Trinajstić information content (AvgIpc) is 2.78. The molecule has 0 amide bonds. The molecule has 0 aliphatic carbocycles. The summed E-state index contributed by atoms with van der Waals surface area (Å²) in [7, 11) is -3.80. The summed E-state index contributed by atoms with van der Waals surface area (Å²) in [6, 6.07) is 25.9. The average molecular weight is 432 g/mol. The quantitative estimate of drug-likeness (QED) is 0.445. The molecule has 0 atom stereocenters. The van der Waals surface area contributed by atoms with E-state index in [1.807, 2.05) is 48.5 Å². The van der Waals surface area contributed by atoms with Crippen LogP contribution in [0.1, 0.15) is 11.4 Å². The fourth-order valence-electron chi connectivity index (χ4n) is 3.12. The molecule has 0 aliphatic heterocycles. The van der Waals surface area contributed by atoms with E-state index >= 15 is 0 Å². The van der Waals surface area contributed by atoms with Gasteiger partial charge in [0, 0.05) is 0 Å². The first-order valence-electron chi connectivity index (χ1n) is 9.69. The zero-order chi connectivity index (χ0) is 21.8. The van der Waals surface area contributed by atoms with Crippen LogP contribution in [0.2, 0.25) is 0 Å². The van der Waals surface area contributed by atoms with E-state index in [1.165, 1.54) is 0 Å². The molecule has 1 aromatic heterocycles. The van der Waals surface area contributed by atoms with E-state index in [0.717, 1.165) is 11.1 Å². The predicted molar refractivity (Wildman–Crippen MR) is 121 cm³/mol. The standard InChI is InChI=1S/C24H21N3O3S/c1-17-23(18(2)26-24(25-17)30-21-11-7-4-8-12-21)27-31(28,29)22-15-13-20(14-16-22)19-9-5-3-6-10-19/h3-16,27H,1-2H3. The number of nitrogens with one attached hydrogen (secondary N) is 1. The maximum atomic E-state index is 12.9. The molecular formula is C24H21N3O3S. The van der Waals surface area contributed by atoms with Gasteiger partial charge in [-0.2, -0.15) is 9.97 Å². The number of ether oxygens (including phenoxy) is 1. The van der Waals surface area contributed by atoms with Gasteiger partial charge in [-0.1, -0.05) is 60.7 Å². The third-order valence-electron chi connectivity index (χ3n) is 4.71. The Kier molecular flexibility index (Phi) is 5.68. The molecule has 7 heteroatoms. The smallest absolute Gasteiger partial charge is 0.322 e. The minimum atomic E-state index is -3.80. The molecule has 1 N–H and O–H groups in total. The summed E-state index contributed by atoms with van der Waals surface area (Å²) >= 11 is 0. The third-order valence-corrected chi connectivity index (χ3v) is 6.08. The Balaban J connectivity index is 1.56. The Morgan fingerprint density at radius 1 is 0.710 bits per heavy atom. The van der Waals surface area contributed by atoms with Gasteiger partial charge in [0.25, 0.3) is 10.0 Å². The number of aryl methyl sites for hydroxylation is 2. The lowest BCUT2D eigenvalue weighted by Gasteiger charge is -2.14. The molecule has 0 saturated heterocycles. The molecule has 1 heterocycles. The van der Waals surface area contributed by atoms with Crippen molar-refractivity contribution in [3.8, 4) is 22.9 Å². The van der Waals surface area contributed by atoms with Crippen molar-refractivity contribution in [2.75, 3.05) is 4.72 Å². The molecule has 4 aromatic rings. The van der Waals surface area contributed by atoms with Gasteiger partial charge in [0.1, 0.15) is 5.75 Å². The van der Waals surface area contributed by atoms with Crippen LogP contribution in [-0.4, -0.2) is 18.4 Å². The van der Waals surface area contributed by atoms with E-state index in [9.17, 15) is 8.42 Å². The van der Waals surface area contributed by atoms with Gasteiger partial charge >= 0.3 is 6.01 Å². The summed E-state index contributed by atoms with van der Waals surface area (Å²) in [4.78, 5) is 8.76. The van der Waals surface area contributed by atoms with Crippen molar-refractivity contribution >= 4 is 15.7 Å². The number of rotatable bonds is 6. The lowest BCUT2D eigenvalue weighted by molar-refractivity contribution is 0.439. The highest BCUT2D eigenvalue weighted by molar-refractivity contribution is 7.92. The van der Waals surface area contributed by atoms with Crippen molar-refractivity contribution in [2.24, 2.45) is 0 Å². The van der Waals surface area contributed by atoms with Crippen LogP contribution < -0.4 is 9.46 Å². The number of para-hydroxylation sites is 1. The van der Waals surface area contributed by atoms with Crippen LogP contribution in [-0.2, 0) is 10.0 Å². The zero-order valence-electron chi connectivity index (χ0n) is 17.1. The minimum absolute atomic E-state index is 0.163. The second-order valence-corrected chi connectivity index (χ2v) is 8.65. The Morgan fingerprint density at radius 3 is 1.81 bits per heavy atom. The second kappa shape index (κ2) is 8.57. The molecule has 0 spiro atoms. The molecule has 0 radical (unpaired) electrons. The van der Waals surface area contributed by atoms with Crippen molar-refractivity contribution < 1.29 is 13.2 Å². The maximum Gasteiger partial charge on any atom is 0.322 e. The summed E-state index contributed by atoms with van der Waals surface area (Å²) in [6.45, 7) is 3.42. The third kappa shape index (κ3) is 4.73. The van der Waals surface area contributed by atoms with Gasteiger partial charge in [-0.15, -0.1) is 0 Å². The Hall–Kier alpha value is -3.71. The normalized spacial score (nSPS) is 11.2. The summed E-state index contributed by atoms with van der Waals surface area (Å²) in [6.07, 6.45) is 0. The number of hydrogen-bond donors (Lipinski definition) is 1. The summed E-state index contributed by atoms with van der Waals surface area (Å²) in [5.41, 5.74) is 3.25. The molecule has 156 valence electrons. The Bertz CT molecular complexity index is 1270. The van der Waals surface area contributed by atoms with Crippen LogP contribution in [0.25, 0.3) is 11.1 Å². The van der Waals surface area contributed by atoms with Crippen LogP contribution in [0, 0.1) is 13.8 Å². The van der Waals surface area contributed by atoms with Gasteiger partial charge in [-0.3, -0.25) is 4.72 Å². The van der Waals surface area contributed by atoms with Gasteiger partial charge in [0.15, 0.2) is 0 Å². The minimum Gasteiger partial charge on any atom is -0.424 e. The number of nitrogens with zero attached hydrogens (tertiary/aromatic N) is 2. The van der Waals surface area contributed by atoms with E-state index in [-0.39, 0.29) is 10.9 Å². The van der Waals surface area contributed by atoms with E-state index in [2.05, 4.69) is 14.7 Å². The fourth-order valence-corrected chi connectivity index (χ4v) is 4.30. The molecule has 6 nitrogen and oxygen atoms in total. The van der Waals surface area contributed by atoms with Crippen LogP contribution in [0.4, 0.5) is 5.69 Å². The molecule has 4 rings (SSSR count). The van der Waals surface area contributed by atoms with E-state index in [4.69, 9.17) is 4.74 Å². The highest BCUT2D eigenvalue weighted by Gasteiger charge is 2.19. The number of anilines is 1. The lowest BCUT2D eigenvalue weighted by atomic mass is 10.1. The van der Waals surface area contributed by atoms with Gasteiger partial charge in [-0.05, 0) is 49.2 Å². The Morgan fingerprint density at radius 2 is 1.23 bits per heavy atom. The first kappa shape index (κ1) is 20.6. The van der Waals surface area contributed by atoms with Gasteiger partial charge < -0.3 is 4.74 Å². The number of benzene rings is 3. The zero-order valence-corrected chi connectivity index (χ0v) is 17.9. The van der Waals surface area contributed by atoms with Crippen molar-refractivity contribution in [2.45, 2.75) is 18.7 Å². The van der Waals surface area contributed by atoms with Crippen LogP contribution in [0.5, 0.6) is 11.8 Å². The molecule has 0 bridgehead atoms. The van der Waals surface area contributed by atoms with Crippen molar-refractivity contribution in [1.29, 1.82) is 0 Å². The predicted octanol–water partition coefficient (Wildman–Crippen LogP) is 5.35. The molecule has 0 fully saturated rings. The van der Waals surface area contributed by atoms with Gasteiger partial charge in [0.2, 0.25) is 0 Å². The number of sulfonamides is 1. The summed E-state index contributed by atoms with van der Waals surface area (Å²) in [5, 5.41) is 0.